The number of aromatic amines is 1. The van der Waals surface area contributed by atoms with Gasteiger partial charge in [-0.15, -0.1) is 11.3 Å². The second-order valence-electron chi connectivity index (χ2n) is 9.53. The average molecular weight is 542 g/mol. The van der Waals surface area contributed by atoms with Gasteiger partial charge in [-0.3, -0.25) is 19.0 Å². The van der Waals surface area contributed by atoms with Crippen LogP contribution in [-0.2, 0) is 6.54 Å². The molecule has 0 atom stereocenters. The minimum Gasteiger partial charge on any atom is -0.493 e. The Labute approximate surface area is 228 Å². The quantitative estimate of drug-likeness (QED) is 0.299. The molecule has 5 aromatic rings. The molecule has 1 saturated heterocycles. The third-order valence-electron chi connectivity index (χ3n) is 7.23. The highest BCUT2D eigenvalue weighted by atomic mass is 32.1. The number of aromatic nitrogens is 3. The molecule has 0 spiro atoms. The van der Waals surface area contributed by atoms with Crippen molar-refractivity contribution in [3.63, 3.8) is 0 Å². The number of Topliss-reactive ketones (excluding diaryl/α,β-unsaturated/α-hetero) is 1. The lowest BCUT2D eigenvalue weighted by molar-refractivity contribution is 0.0922. The summed E-state index contributed by atoms with van der Waals surface area (Å²) in [4.78, 5) is 50.1. The maximum atomic E-state index is 13.8. The third-order valence-corrected chi connectivity index (χ3v) is 8.06. The number of hydrogen-bond acceptors (Lipinski definition) is 7. The maximum Gasteiger partial charge on any atom is 0.271 e. The molecule has 6 rings (SSSR count). The molecule has 1 aliphatic rings. The number of carbonyl (C=O) groups is 2. The molecular formula is C29H27N5O4S. The number of methoxy groups -OCH3 is 1. The van der Waals surface area contributed by atoms with Crippen LogP contribution in [0.25, 0.3) is 21.8 Å². The lowest BCUT2D eigenvalue weighted by atomic mass is 10.1. The van der Waals surface area contributed by atoms with Crippen LogP contribution in [0.1, 0.15) is 33.7 Å². The van der Waals surface area contributed by atoms with Crippen LogP contribution in [0, 0.1) is 0 Å². The number of ether oxygens (including phenoxy) is 1. The van der Waals surface area contributed by atoms with Crippen molar-refractivity contribution in [2.24, 2.45) is 0 Å². The lowest BCUT2D eigenvalue weighted by Gasteiger charge is -2.32. The number of nitrogens with zero attached hydrogens (tertiary/aromatic N) is 3. The molecule has 3 aromatic heterocycles. The molecule has 9 nitrogen and oxygen atoms in total. The molecule has 4 heterocycles. The highest BCUT2D eigenvalue weighted by Gasteiger charge is 2.28. The SMILES string of the molecule is COc1c(C(=O)NC2CCN(c3nccs3)CC2)[nH]c2c1c(=O)n(CC(=O)c1ccccc1)c1ccccc21. The summed E-state index contributed by atoms with van der Waals surface area (Å²) in [6.07, 6.45) is 3.36. The molecule has 2 aromatic carbocycles. The van der Waals surface area contributed by atoms with Crippen LogP contribution >= 0.6 is 11.3 Å². The van der Waals surface area contributed by atoms with Gasteiger partial charge in [-0.2, -0.15) is 0 Å². The maximum absolute atomic E-state index is 13.8. The van der Waals surface area contributed by atoms with Crippen LogP contribution in [0.2, 0.25) is 0 Å². The number of nitrogens with one attached hydrogen (secondary N) is 2. The van der Waals surface area contributed by atoms with E-state index in [4.69, 9.17) is 4.74 Å². The number of thiazole rings is 1. The van der Waals surface area contributed by atoms with E-state index in [2.05, 4.69) is 20.2 Å². The van der Waals surface area contributed by atoms with E-state index in [1.54, 1.807) is 47.9 Å². The van der Waals surface area contributed by atoms with Crippen molar-refractivity contribution in [1.82, 2.24) is 19.9 Å². The number of amides is 1. The van der Waals surface area contributed by atoms with Gasteiger partial charge in [-0.25, -0.2) is 4.98 Å². The minimum atomic E-state index is -0.392. The van der Waals surface area contributed by atoms with Crippen molar-refractivity contribution in [1.29, 1.82) is 0 Å². The minimum absolute atomic E-state index is 0.0123. The molecule has 10 heteroatoms. The first-order valence-electron chi connectivity index (χ1n) is 12.8. The number of carbonyl (C=O) groups excluding carboxylic acids is 2. The summed E-state index contributed by atoms with van der Waals surface area (Å²) >= 11 is 1.61. The van der Waals surface area contributed by atoms with E-state index in [0.29, 0.717) is 16.6 Å². The van der Waals surface area contributed by atoms with Crippen molar-refractivity contribution < 1.29 is 14.3 Å². The summed E-state index contributed by atoms with van der Waals surface area (Å²) < 4.78 is 7.10. The van der Waals surface area contributed by atoms with Gasteiger partial charge in [-0.05, 0) is 18.9 Å². The van der Waals surface area contributed by atoms with E-state index in [1.165, 1.54) is 11.7 Å². The second-order valence-corrected chi connectivity index (χ2v) is 10.4. The predicted octanol–water partition coefficient (Wildman–Crippen LogP) is 4.23. The highest BCUT2D eigenvalue weighted by molar-refractivity contribution is 7.13. The summed E-state index contributed by atoms with van der Waals surface area (Å²) in [5.41, 5.74) is 1.45. The summed E-state index contributed by atoms with van der Waals surface area (Å²) in [6.45, 7) is 1.47. The van der Waals surface area contributed by atoms with Gasteiger partial charge in [0.05, 0.1) is 24.7 Å². The van der Waals surface area contributed by atoms with Crippen molar-refractivity contribution in [2.45, 2.75) is 25.4 Å². The normalized spacial score (nSPS) is 14.1. The van der Waals surface area contributed by atoms with Gasteiger partial charge in [0, 0.05) is 41.7 Å². The molecule has 0 aliphatic carbocycles. The van der Waals surface area contributed by atoms with E-state index in [9.17, 15) is 14.4 Å². The Kier molecular flexibility index (Phi) is 6.62. The Morgan fingerprint density at radius 1 is 1.10 bits per heavy atom. The molecule has 2 N–H and O–H groups in total. The van der Waals surface area contributed by atoms with Crippen molar-refractivity contribution in [3.05, 3.63) is 87.8 Å². The molecule has 1 amide bonds. The number of piperidine rings is 1. The zero-order valence-electron chi connectivity index (χ0n) is 21.3. The summed E-state index contributed by atoms with van der Waals surface area (Å²) in [6, 6.07) is 16.2. The Morgan fingerprint density at radius 3 is 2.56 bits per heavy atom. The number of benzene rings is 2. The number of pyridine rings is 1. The molecule has 198 valence electrons. The Morgan fingerprint density at radius 2 is 1.85 bits per heavy atom. The van der Waals surface area contributed by atoms with E-state index < -0.39 is 5.56 Å². The summed E-state index contributed by atoms with van der Waals surface area (Å²) in [7, 11) is 1.44. The molecule has 0 bridgehead atoms. The van der Waals surface area contributed by atoms with Gasteiger partial charge < -0.3 is 19.9 Å². The number of hydrogen-bond donors (Lipinski definition) is 2. The summed E-state index contributed by atoms with van der Waals surface area (Å²) in [5, 5.41) is 7.04. The monoisotopic (exact) mass is 541 g/mol. The summed E-state index contributed by atoms with van der Waals surface area (Å²) in [5.74, 6) is -0.329. The lowest BCUT2D eigenvalue weighted by Crippen LogP contribution is -2.44. The fourth-order valence-corrected chi connectivity index (χ4v) is 5.98. The van der Waals surface area contributed by atoms with Gasteiger partial charge in [-0.1, -0.05) is 48.5 Å². The number of fused-ring (bicyclic) bond motifs is 3. The first-order valence-corrected chi connectivity index (χ1v) is 13.7. The van der Waals surface area contributed by atoms with Crippen LogP contribution in [-0.4, -0.2) is 52.5 Å². The molecular weight excluding hydrogens is 514 g/mol. The third kappa shape index (κ3) is 4.57. The largest absolute Gasteiger partial charge is 0.493 e. The number of rotatable bonds is 7. The second kappa shape index (κ2) is 10.4. The first kappa shape index (κ1) is 24.9. The van der Waals surface area contributed by atoms with Gasteiger partial charge in [0.25, 0.3) is 11.5 Å². The number of ketones is 1. The molecule has 0 unspecified atom stereocenters. The molecule has 1 fully saturated rings. The number of H-pyrrole nitrogens is 1. The van der Waals surface area contributed by atoms with Crippen molar-refractivity contribution >= 4 is 50.0 Å². The van der Waals surface area contributed by atoms with Crippen LogP contribution in [0.4, 0.5) is 5.13 Å². The highest BCUT2D eigenvalue weighted by Crippen LogP contribution is 2.32. The Hall–Kier alpha value is -4.44. The van der Waals surface area contributed by atoms with Gasteiger partial charge in [0.1, 0.15) is 11.1 Å². The van der Waals surface area contributed by atoms with Crippen LogP contribution in [0.5, 0.6) is 5.75 Å². The van der Waals surface area contributed by atoms with Crippen molar-refractivity contribution in [3.8, 4) is 5.75 Å². The molecule has 39 heavy (non-hydrogen) atoms. The predicted molar refractivity (Wildman–Crippen MR) is 152 cm³/mol. The standard InChI is InChI=1S/C29H27N5O4S/c1-38-26-23-24(32-25(26)27(36)31-19-11-14-33(15-12-19)29-30-13-16-39-29)20-9-5-6-10-21(20)34(28(23)37)17-22(35)18-7-3-2-4-8-18/h2-10,13,16,19,32H,11-12,14-15,17H2,1H3,(H,31,36). The Balaban J connectivity index is 1.34. The Bertz CT molecular complexity index is 1720. The molecule has 0 radical (unpaired) electrons. The van der Waals surface area contributed by atoms with Crippen molar-refractivity contribution in [2.75, 3.05) is 25.1 Å². The van der Waals surface area contributed by atoms with Crippen LogP contribution in [0.3, 0.4) is 0 Å². The van der Waals surface area contributed by atoms with Gasteiger partial charge in [0.2, 0.25) is 0 Å². The zero-order valence-corrected chi connectivity index (χ0v) is 22.2. The zero-order chi connectivity index (χ0) is 26.9. The van der Waals surface area contributed by atoms with E-state index in [-0.39, 0.29) is 41.1 Å². The number of anilines is 1. The van der Waals surface area contributed by atoms with Gasteiger partial charge >= 0.3 is 0 Å². The van der Waals surface area contributed by atoms with Crippen LogP contribution < -0.4 is 20.5 Å². The van der Waals surface area contributed by atoms with E-state index in [1.807, 2.05) is 29.6 Å². The molecule has 1 aliphatic heterocycles. The van der Waals surface area contributed by atoms with Crippen LogP contribution in [0.15, 0.2) is 71.0 Å². The smallest absolute Gasteiger partial charge is 0.271 e. The van der Waals surface area contributed by atoms with E-state index >= 15 is 0 Å². The fourth-order valence-electron chi connectivity index (χ4n) is 5.28. The first-order chi connectivity index (χ1) is 19.0. The van der Waals surface area contributed by atoms with E-state index in [0.717, 1.165) is 36.4 Å². The average Bonchev–Trinajstić information content (AvgIpc) is 3.65. The topological polar surface area (TPSA) is 109 Å². The molecule has 0 saturated carbocycles. The van der Waals surface area contributed by atoms with Gasteiger partial charge in [0.15, 0.2) is 16.7 Å². The number of para-hydroxylation sites is 1. The fraction of sp³-hybridized carbons (Fsp3) is 0.241.